The summed E-state index contributed by atoms with van der Waals surface area (Å²) in [6.07, 6.45) is 0.105. The third-order valence-corrected chi connectivity index (χ3v) is 4.92. The van der Waals surface area contributed by atoms with Gasteiger partial charge < -0.3 is 15.0 Å². The number of hydrogen-bond acceptors (Lipinski definition) is 4. The highest BCUT2D eigenvalue weighted by atomic mass is 16.5. The van der Waals surface area contributed by atoms with Crippen molar-refractivity contribution in [3.05, 3.63) is 59.2 Å². The number of carbonyl (C=O) groups is 3. The predicted octanol–water partition coefficient (Wildman–Crippen LogP) is 3.47. The highest BCUT2D eigenvalue weighted by molar-refractivity contribution is 6.07. The third kappa shape index (κ3) is 3.91. The number of rotatable bonds is 5. The summed E-state index contributed by atoms with van der Waals surface area (Å²) in [5, 5.41) is 2.96. The van der Waals surface area contributed by atoms with Crippen LogP contribution in [0.25, 0.3) is 0 Å². The van der Waals surface area contributed by atoms with Crippen LogP contribution in [0.3, 0.4) is 0 Å². The molecule has 1 atom stereocenters. The first-order chi connectivity index (χ1) is 13.4. The number of ether oxygens (including phenoxy) is 1. The van der Waals surface area contributed by atoms with Crippen molar-refractivity contribution < 1.29 is 19.1 Å². The number of carbonyl (C=O) groups excluding carboxylic acids is 3. The van der Waals surface area contributed by atoms with E-state index in [9.17, 15) is 14.4 Å². The molecule has 1 heterocycles. The zero-order chi connectivity index (χ0) is 20.3. The van der Waals surface area contributed by atoms with Crippen molar-refractivity contribution in [2.24, 2.45) is 5.92 Å². The molecule has 1 saturated heterocycles. The van der Waals surface area contributed by atoms with Crippen LogP contribution in [0.2, 0.25) is 0 Å². The van der Waals surface area contributed by atoms with Gasteiger partial charge in [-0.15, -0.1) is 0 Å². The average Bonchev–Trinajstić information content (AvgIpc) is 3.06. The van der Waals surface area contributed by atoms with E-state index in [4.69, 9.17) is 4.74 Å². The number of aryl methyl sites for hydroxylation is 2. The topological polar surface area (TPSA) is 75.7 Å². The van der Waals surface area contributed by atoms with Crippen LogP contribution in [0.4, 0.5) is 11.4 Å². The lowest BCUT2D eigenvalue weighted by molar-refractivity contribution is -0.122. The molecule has 2 amide bonds. The minimum Gasteiger partial charge on any atom is -0.462 e. The maximum absolute atomic E-state index is 12.8. The molecule has 146 valence electrons. The SMILES string of the molecule is CCOC(=O)c1ccccc1N1CC(C(=O)Nc2c(C)cccc2C)CC1=O. The van der Waals surface area contributed by atoms with Crippen molar-refractivity contribution in [1.82, 2.24) is 0 Å². The molecule has 3 rings (SSSR count). The zero-order valence-electron chi connectivity index (χ0n) is 16.3. The zero-order valence-corrected chi connectivity index (χ0v) is 16.3. The monoisotopic (exact) mass is 380 g/mol. The first-order valence-electron chi connectivity index (χ1n) is 9.36. The second-order valence-electron chi connectivity index (χ2n) is 6.90. The standard InChI is InChI=1S/C22H24N2O4/c1-4-28-22(27)17-10-5-6-11-18(17)24-13-16(12-19(24)25)21(26)23-20-14(2)8-7-9-15(20)3/h5-11,16H,4,12-13H2,1-3H3,(H,23,26). The highest BCUT2D eigenvalue weighted by Gasteiger charge is 2.37. The molecule has 2 aromatic carbocycles. The molecule has 28 heavy (non-hydrogen) atoms. The van der Waals surface area contributed by atoms with Crippen LogP contribution in [0.15, 0.2) is 42.5 Å². The minimum absolute atomic E-state index is 0.105. The van der Waals surface area contributed by atoms with Crippen molar-refractivity contribution in [2.45, 2.75) is 27.2 Å². The summed E-state index contributed by atoms with van der Waals surface area (Å²) in [5.41, 5.74) is 3.54. The maximum atomic E-state index is 12.8. The van der Waals surface area contributed by atoms with Crippen LogP contribution in [-0.2, 0) is 14.3 Å². The van der Waals surface area contributed by atoms with Crippen LogP contribution in [0.1, 0.15) is 34.8 Å². The van der Waals surface area contributed by atoms with Crippen LogP contribution in [0.5, 0.6) is 0 Å². The third-order valence-electron chi connectivity index (χ3n) is 4.92. The van der Waals surface area contributed by atoms with Crippen molar-refractivity contribution in [3.8, 4) is 0 Å². The van der Waals surface area contributed by atoms with E-state index in [1.807, 2.05) is 32.0 Å². The van der Waals surface area contributed by atoms with E-state index in [2.05, 4.69) is 5.32 Å². The molecule has 0 spiro atoms. The molecule has 0 radical (unpaired) electrons. The Hall–Kier alpha value is -3.15. The van der Waals surface area contributed by atoms with E-state index in [-0.39, 0.29) is 31.4 Å². The number of para-hydroxylation sites is 2. The number of nitrogens with one attached hydrogen (secondary N) is 1. The van der Waals surface area contributed by atoms with Gasteiger partial charge in [0.05, 0.1) is 23.8 Å². The fourth-order valence-electron chi connectivity index (χ4n) is 3.44. The van der Waals surface area contributed by atoms with Crippen molar-refractivity contribution in [1.29, 1.82) is 0 Å². The molecule has 6 nitrogen and oxygen atoms in total. The molecule has 1 N–H and O–H groups in total. The number of esters is 1. The highest BCUT2D eigenvalue weighted by Crippen LogP contribution is 2.30. The first kappa shape index (κ1) is 19.6. The van der Waals surface area contributed by atoms with Gasteiger partial charge in [-0.1, -0.05) is 30.3 Å². The summed E-state index contributed by atoms with van der Waals surface area (Å²) in [5.74, 6) is -1.34. The normalized spacial score (nSPS) is 16.2. The van der Waals surface area contributed by atoms with Gasteiger partial charge in [-0.3, -0.25) is 9.59 Å². The Bertz CT molecular complexity index is 902. The molecule has 1 aliphatic heterocycles. The summed E-state index contributed by atoms with van der Waals surface area (Å²) in [6.45, 7) is 6.08. The minimum atomic E-state index is -0.484. The van der Waals surface area contributed by atoms with Gasteiger partial charge in [0.25, 0.3) is 0 Å². The van der Waals surface area contributed by atoms with Gasteiger partial charge in [0.2, 0.25) is 11.8 Å². The second-order valence-corrected chi connectivity index (χ2v) is 6.90. The molecule has 0 saturated carbocycles. The summed E-state index contributed by atoms with van der Waals surface area (Å²) < 4.78 is 5.09. The Balaban J connectivity index is 1.79. The van der Waals surface area contributed by atoms with Gasteiger partial charge in [0.15, 0.2) is 0 Å². The summed E-state index contributed by atoms with van der Waals surface area (Å²) in [7, 11) is 0. The van der Waals surface area contributed by atoms with Gasteiger partial charge in [-0.25, -0.2) is 4.79 Å². The number of amides is 2. The van der Waals surface area contributed by atoms with Crippen molar-refractivity contribution in [3.63, 3.8) is 0 Å². The Morgan fingerprint density at radius 2 is 1.79 bits per heavy atom. The molecular formula is C22H24N2O4. The molecule has 1 aliphatic rings. The van der Waals surface area contributed by atoms with Crippen LogP contribution < -0.4 is 10.2 Å². The lowest BCUT2D eigenvalue weighted by Crippen LogP contribution is -2.29. The Morgan fingerprint density at radius 1 is 1.11 bits per heavy atom. The number of benzene rings is 2. The molecule has 0 aliphatic carbocycles. The van der Waals surface area contributed by atoms with Gasteiger partial charge >= 0.3 is 5.97 Å². The molecular weight excluding hydrogens is 356 g/mol. The fraction of sp³-hybridized carbons (Fsp3) is 0.318. The predicted molar refractivity (Wildman–Crippen MR) is 107 cm³/mol. The van der Waals surface area contributed by atoms with Gasteiger partial charge in [0.1, 0.15) is 0 Å². The largest absolute Gasteiger partial charge is 0.462 e. The average molecular weight is 380 g/mol. The van der Waals surface area contributed by atoms with Crippen LogP contribution in [-0.4, -0.2) is 30.9 Å². The van der Waals surface area contributed by atoms with Gasteiger partial charge in [-0.2, -0.15) is 0 Å². The van der Waals surface area contributed by atoms with E-state index < -0.39 is 11.9 Å². The van der Waals surface area contributed by atoms with Crippen molar-refractivity contribution in [2.75, 3.05) is 23.4 Å². The lowest BCUT2D eigenvalue weighted by atomic mass is 10.1. The van der Waals surface area contributed by atoms with Crippen LogP contribution in [0, 0.1) is 19.8 Å². The molecule has 2 aromatic rings. The summed E-state index contributed by atoms with van der Waals surface area (Å²) in [6, 6.07) is 12.6. The molecule has 1 fully saturated rings. The summed E-state index contributed by atoms with van der Waals surface area (Å²) in [4.78, 5) is 39.1. The van der Waals surface area contributed by atoms with E-state index in [1.54, 1.807) is 31.2 Å². The Kier molecular flexibility index (Phi) is 5.78. The van der Waals surface area contributed by atoms with Gasteiger partial charge in [0, 0.05) is 18.7 Å². The van der Waals surface area contributed by atoms with Gasteiger partial charge in [-0.05, 0) is 44.0 Å². The Labute approximate surface area is 164 Å². The maximum Gasteiger partial charge on any atom is 0.340 e. The lowest BCUT2D eigenvalue weighted by Gasteiger charge is -2.20. The number of nitrogens with zero attached hydrogens (tertiary/aromatic N) is 1. The second kappa shape index (κ2) is 8.25. The first-order valence-corrected chi connectivity index (χ1v) is 9.36. The van der Waals surface area contributed by atoms with Crippen LogP contribution >= 0.6 is 0 Å². The number of anilines is 2. The molecule has 6 heteroatoms. The number of hydrogen-bond donors (Lipinski definition) is 1. The van der Waals surface area contributed by atoms with E-state index >= 15 is 0 Å². The Morgan fingerprint density at radius 3 is 2.46 bits per heavy atom. The quantitative estimate of drug-likeness (QED) is 0.806. The smallest absolute Gasteiger partial charge is 0.340 e. The molecule has 0 aromatic heterocycles. The van der Waals surface area contributed by atoms with Crippen molar-refractivity contribution >= 4 is 29.2 Å². The van der Waals surface area contributed by atoms with E-state index in [0.717, 1.165) is 16.8 Å². The fourth-order valence-corrected chi connectivity index (χ4v) is 3.44. The van der Waals surface area contributed by atoms with E-state index in [0.29, 0.717) is 11.3 Å². The summed E-state index contributed by atoms with van der Waals surface area (Å²) >= 11 is 0. The molecule has 1 unspecified atom stereocenters. The van der Waals surface area contributed by atoms with E-state index in [1.165, 1.54) is 4.90 Å². The molecule has 0 bridgehead atoms.